The Bertz CT molecular complexity index is 4030. The average molecular weight is 793 g/mol. The molecule has 0 N–H and O–H groups in total. The van der Waals surface area contributed by atoms with Gasteiger partial charge in [0.15, 0.2) is 0 Å². The lowest BCUT2D eigenvalue weighted by molar-refractivity contribution is 0.661. The summed E-state index contributed by atoms with van der Waals surface area (Å²) in [7, 11) is 0. The van der Waals surface area contributed by atoms with Gasteiger partial charge in [0, 0.05) is 54.1 Å². The summed E-state index contributed by atoms with van der Waals surface area (Å²) in [4.78, 5) is 11.1. The number of nitrogens with zero attached hydrogens (tertiary/aromatic N) is 4. The van der Waals surface area contributed by atoms with E-state index in [1.807, 2.05) is 12.1 Å². The minimum absolute atomic E-state index is 0.175. The molecule has 0 atom stereocenters. The average Bonchev–Trinajstić information content (AvgIpc) is 4.03. The van der Waals surface area contributed by atoms with Crippen LogP contribution in [0.15, 0.2) is 186 Å². The van der Waals surface area contributed by atoms with Gasteiger partial charge < -0.3 is 8.98 Å². The van der Waals surface area contributed by atoms with Gasteiger partial charge in [-0.3, -0.25) is 4.57 Å². The normalized spacial score (nSPS) is 13.5. The molecule has 4 heterocycles. The number of para-hydroxylation sites is 5. The van der Waals surface area contributed by atoms with Crippen molar-refractivity contribution in [3.63, 3.8) is 0 Å². The summed E-state index contributed by atoms with van der Waals surface area (Å²) in [6.45, 7) is 4.72. The van der Waals surface area contributed by atoms with Crippen molar-refractivity contribution in [1.29, 1.82) is 0 Å². The van der Waals surface area contributed by atoms with Crippen LogP contribution in [0.2, 0.25) is 0 Å². The summed E-state index contributed by atoms with van der Waals surface area (Å²) < 4.78 is 11.4. The lowest BCUT2D eigenvalue weighted by Crippen LogP contribution is -2.14. The highest BCUT2D eigenvalue weighted by Gasteiger charge is 2.38. The molecule has 5 heteroatoms. The fourth-order valence-corrected chi connectivity index (χ4v) is 11.0. The van der Waals surface area contributed by atoms with Crippen molar-refractivity contribution in [3.05, 3.63) is 193 Å². The molecule has 0 saturated heterocycles. The lowest BCUT2D eigenvalue weighted by Gasteiger charge is -2.21. The molecule has 0 amide bonds. The van der Waals surface area contributed by atoms with E-state index in [0.717, 1.165) is 60.8 Å². The number of hydrogen-bond donors (Lipinski definition) is 0. The summed E-state index contributed by atoms with van der Waals surface area (Å²) >= 11 is 0. The van der Waals surface area contributed by atoms with Crippen molar-refractivity contribution >= 4 is 87.2 Å². The molecule has 9 aromatic carbocycles. The second-order valence-electron chi connectivity index (χ2n) is 17.3. The van der Waals surface area contributed by atoms with E-state index < -0.39 is 0 Å². The Labute approximate surface area is 355 Å². The van der Waals surface area contributed by atoms with E-state index in [1.54, 1.807) is 0 Å². The molecule has 0 saturated carbocycles. The summed E-state index contributed by atoms with van der Waals surface area (Å²) in [6, 6.07) is 65.5. The number of hydrogen-bond acceptors (Lipinski definition) is 3. The van der Waals surface area contributed by atoms with Gasteiger partial charge in [0.2, 0.25) is 5.95 Å². The quantitative estimate of drug-likeness (QED) is 0.179. The van der Waals surface area contributed by atoms with Crippen LogP contribution in [0.4, 0.5) is 0 Å². The monoisotopic (exact) mass is 792 g/mol. The Morgan fingerprint density at radius 2 is 1.06 bits per heavy atom. The lowest BCUT2D eigenvalue weighted by atomic mass is 9.82. The second-order valence-corrected chi connectivity index (χ2v) is 17.3. The Kier molecular flexibility index (Phi) is 6.57. The molecule has 0 unspecified atom stereocenters. The van der Waals surface area contributed by atoms with E-state index in [-0.39, 0.29) is 5.41 Å². The van der Waals surface area contributed by atoms with Gasteiger partial charge >= 0.3 is 0 Å². The van der Waals surface area contributed by atoms with Crippen LogP contribution in [0.1, 0.15) is 25.0 Å². The fraction of sp³-hybridized carbons (Fsp3) is 0.0526. The summed E-state index contributed by atoms with van der Waals surface area (Å²) in [6.07, 6.45) is 0. The standard InChI is InChI=1S/C57H36N4O/c1-57(2)42-25-10-5-21-39(42)51-43(57)30-31-47-53(51)52-37-20-4-3-18-35(37)48(60-45-27-12-7-16-33(45)34-17-8-13-28-46(34)60)32-49(52)61(47)56-58-44-26-11-6-22-40(44)54(59-56)41-24-15-23-38-36-19-9-14-29-50(36)62-55(38)41/h3-32H,1-2H3. The molecule has 0 radical (unpaired) electrons. The van der Waals surface area contributed by atoms with Crippen LogP contribution in [0.25, 0.3) is 121 Å². The number of aromatic nitrogens is 4. The molecule has 13 aromatic rings. The van der Waals surface area contributed by atoms with E-state index in [9.17, 15) is 0 Å². The number of rotatable bonds is 3. The number of furan rings is 1. The highest BCUT2D eigenvalue weighted by molar-refractivity contribution is 6.28. The smallest absolute Gasteiger partial charge is 0.235 e. The first-order valence-corrected chi connectivity index (χ1v) is 21.3. The molecule has 5 nitrogen and oxygen atoms in total. The summed E-state index contributed by atoms with van der Waals surface area (Å²) in [5.74, 6) is 0.612. The van der Waals surface area contributed by atoms with Crippen molar-refractivity contribution in [2.24, 2.45) is 0 Å². The zero-order valence-electron chi connectivity index (χ0n) is 34.0. The highest BCUT2D eigenvalue weighted by Crippen LogP contribution is 2.54. The molecule has 14 rings (SSSR count). The molecule has 0 bridgehead atoms. The zero-order chi connectivity index (χ0) is 40.8. The third-order valence-corrected chi connectivity index (χ3v) is 13.7. The predicted molar refractivity (Wildman–Crippen MR) is 256 cm³/mol. The van der Waals surface area contributed by atoms with Crippen LogP contribution >= 0.6 is 0 Å². The van der Waals surface area contributed by atoms with Crippen LogP contribution in [-0.2, 0) is 5.41 Å². The van der Waals surface area contributed by atoms with Crippen molar-refractivity contribution < 1.29 is 4.42 Å². The third kappa shape index (κ3) is 4.31. The maximum absolute atomic E-state index is 6.67. The van der Waals surface area contributed by atoms with Gasteiger partial charge in [-0.05, 0) is 70.1 Å². The van der Waals surface area contributed by atoms with E-state index in [1.165, 1.54) is 65.6 Å². The minimum Gasteiger partial charge on any atom is -0.455 e. The minimum atomic E-state index is -0.175. The van der Waals surface area contributed by atoms with Crippen molar-refractivity contribution in [1.82, 2.24) is 19.1 Å². The maximum Gasteiger partial charge on any atom is 0.235 e. The molecule has 290 valence electrons. The molecule has 0 aliphatic heterocycles. The Morgan fingerprint density at radius 3 is 1.87 bits per heavy atom. The van der Waals surface area contributed by atoms with E-state index in [0.29, 0.717) is 5.95 Å². The highest BCUT2D eigenvalue weighted by atomic mass is 16.3. The fourth-order valence-electron chi connectivity index (χ4n) is 11.0. The second kappa shape index (κ2) is 12.1. The Hall–Kier alpha value is -8.02. The van der Waals surface area contributed by atoms with Gasteiger partial charge in [-0.15, -0.1) is 0 Å². The largest absolute Gasteiger partial charge is 0.455 e. The van der Waals surface area contributed by atoms with Gasteiger partial charge in [0.1, 0.15) is 11.2 Å². The zero-order valence-corrected chi connectivity index (χ0v) is 34.0. The molecular formula is C57H36N4O. The first-order chi connectivity index (χ1) is 30.5. The van der Waals surface area contributed by atoms with E-state index in [2.05, 4.69) is 193 Å². The van der Waals surface area contributed by atoms with Crippen molar-refractivity contribution in [2.45, 2.75) is 19.3 Å². The topological polar surface area (TPSA) is 48.8 Å². The van der Waals surface area contributed by atoms with Gasteiger partial charge in [-0.25, -0.2) is 9.97 Å². The number of benzene rings is 9. The van der Waals surface area contributed by atoms with E-state index in [4.69, 9.17) is 14.4 Å². The van der Waals surface area contributed by atoms with Crippen molar-refractivity contribution in [2.75, 3.05) is 0 Å². The van der Waals surface area contributed by atoms with E-state index >= 15 is 0 Å². The van der Waals surface area contributed by atoms with Crippen molar-refractivity contribution in [3.8, 4) is 34.0 Å². The predicted octanol–water partition coefficient (Wildman–Crippen LogP) is 14.8. The van der Waals surface area contributed by atoms with Crippen LogP contribution < -0.4 is 0 Å². The van der Waals surface area contributed by atoms with Crippen LogP contribution in [-0.4, -0.2) is 19.1 Å². The molecule has 0 spiro atoms. The summed E-state index contributed by atoms with van der Waals surface area (Å²) in [5, 5.41) is 10.4. The van der Waals surface area contributed by atoms with Gasteiger partial charge in [0.05, 0.1) is 39.0 Å². The molecule has 1 aliphatic rings. The van der Waals surface area contributed by atoms with Crippen LogP contribution in [0, 0.1) is 0 Å². The van der Waals surface area contributed by atoms with Gasteiger partial charge in [-0.1, -0.05) is 153 Å². The molecule has 0 fully saturated rings. The molecule has 1 aliphatic carbocycles. The Balaban J connectivity index is 1.18. The van der Waals surface area contributed by atoms with Crippen LogP contribution in [0.3, 0.4) is 0 Å². The molecular weight excluding hydrogens is 757 g/mol. The summed E-state index contributed by atoms with van der Waals surface area (Å²) in [5.41, 5.74) is 15.0. The SMILES string of the molecule is CC1(C)c2ccccc2-c2c1ccc1c2c2c3ccccc3c(-n3c4ccccc4c4ccccc43)cc2n1-c1nc(-c2cccc3c2oc2ccccc23)c2ccccc2n1. The molecule has 62 heavy (non-hydrogen) atoms. The maximum atomic E-state index is 6.67. The van der Waals surface area contributed by atoms with Gasteiger partial charge in [0.25, 0.3) is 0 Å². The Morgan fingerprint density at radius 1 is 0.435 bits per heavy atom. The first-order valence-electron chi connectivity index (χ1n) is 21.3. The van der Waals surface area contributed by atoms with Gasteiger partial charge in [-0.2, -0.15) is 0 Å². The first kappa shape index (κ1) is 33.8. The third-order valence-electron chi connectivity index (χ3n) is 13.7. The number of fused-ring (bicyclic) bond motifs is 16. The molecule has 4 aromatic heterocycles. The van der Waals surface area contributed by atoms with Crippen LogP contribution in [0.5, 0.6) is 0 Å².